The molecule has 0 unspecified atom stereocenters. The number of amides is 4. The molecule has 0 radical (unpaired) electrons. The van der Waals surface area contributed by atoms with Gasteiger partial charge in [-0.25, -0.2) is 13.2 Å². The van der Waals surface area contributed by atoms with Crippen LogP contribution in [0.2, 0.25) is 0 Å². The van der Waals surface area contributed by atoms with E-state index in [0.29, 0.717) is 29.9 Å². The first kappa shape index (κ1) is 41.0. The topological polar surface area (TPSA) is 179 Å². The molecule has 4 aliphatic rings. The second-order valence-corrected chi connectivity index (χ2v) is 18.4. The summed E-state index contributed by atoms with van der Waals surface area (Å²) in [5.41, 5.74) is -1.29. The molecule has 4 fully saturated rings. The summed E-state index contributed by atoms with van der Waals surface area (Å²) in [6.07, 6.45) is 5.00. The third kappa shape index (κ3) is 8.24. The maximum Gasteiger partial charge on any atom is 0.408 e. The quantitative estimate of drug-likeness (QED) is 0.230. The van der Waals surface area contributed by atoms with Crippen LogP contribution in [0.3, 0.4) is 0 Å². The van der Waals surface area contributed by atoms with Crippen LogP contribution in [0.4, 0.5) is 4.79 Å². The molecular formula is C41H54N4O10S. The van der Waals surface area contributed by atoms with Crippen molar-refractivity contribution in [2.45, 2.75) is 107 Å². The number of benzene rings is 2. The van der Waals surface area contributed by atoms with Gasteiger partial charge in [0, 0.05) is 25.0 Å². The Kier molecular flexibility index (Phi) is 11.5. The molecule has 1 saturated heterocycles. The molecule has 0 bridgehead atoms. The van der Waals surface area contributed by atoms with Gasteiger partial charge in [-0.05, 0) is 79.7 Å². The Morgan fingerprint density at radius 1 is 0.946 bits per heavy atom. The summed E-state index contributed by atoms with van der Waals surface area (Å²) >= 11 is 0. The fraction of sp³-hybridized carbons (Fsp3) is 0.561. The number of sulfonamides is 1. The molecule has 3 saturated carbocycles. The zero-order valence-electron chi connectivity index (χ0n) is 33.0. The Balaban J connectivity index is 1.33. The number of methoxy groups -OCH3 is 3. The number of ether oxygens (including phenoxy) is 4. The van der Waals surface area contributed by atoms with Crippen molar-refractivity contribution in [1.29, 1.82) is 0 Å². The van der Waals surface area contributed by atoms with E-state index in [1.165, 1.54) is 18.1 Å². The van der Waals surface area contributed by atoms with Gasteiger partial charge in [-0.1, -0.05) is 51.1 Å². The maximum atomic E-state index is 14.8. The number of carbonyl (C=O) groups excluding carboxylic acids is 4. The van der Waals surface area contributed by atoms with E-state index in [2.05, 4.69) is 21.9 Å². The van der Waals surface area contributed by atoms with Gasteiger partial charge < -0.3 is 34.5 Å². The lowest BCUT2D eigenvalue weighted by Crippen LogP contribution is -2.60. The van der Waals surface area contributed by atoms with Crippen LogP contribution in [0.5, 0.6) is 11.5 Å². The van der Waals surface area contributed by atoms with Gasteiger partial charge in [-0.3, -0.25) is 19.1 Å². The van der Waals surface area contributed by atoms with E-state index in [0.717, 1.165) is 36.8 Å². The Morgan fingerprint density at radius 2 is 1.62 bits per heavy atom. The van der Waals surface area contributed by atoms with Crippen molar-refractivity contribution in [3.63, 3.8) is 0 Å². The van der Waals surface area contributed by atoms with Crippen LogP contribution in [0.15, 0.2) is 55.1 Å². The monoisotopic (exact) mass is 794 g/mol. The average molecular weight is 795 g/mol. The highest BCUT2D eigenvalue weighted by Gasteiger charge is 2.62. The fourth-order valence-electron chi connectivity index (χ4n) is 7.95. The van der Waals surface area contributed by atoms with Crippen molar-refractivity contribution < 1.29 is 46.5 Å². The number of nitrogens with one attached hydrogen (secondary N) is 3. The van der Waals surface area contributed by atoms with E-state index < -0.39 is 73.6 Å². The van der Waals surface area contributed by atoms with Crippen molar-refractivity contribution in [3.05, 3.63) is 60.7 Å². The van der Waals surface area contributed by atoms with E-state index in [1.54, 1.807) is 20.3 Å². The minimum absolute atomic E-state index is 0.0108. The molecule has 304 valence electrons. The largest absolute Gasteiger partial charge is 0.497 e. The lowest BCUT2D eigenvalue weighted by atomic mass is 9.85. The zero-order valence-corrected chi connectivity index (χ0v) is 33.8. The lowest BCUT2D eigenvalue weighted by Gasteiger charge is -2.36. The molecule has 6 rings (SSSR count). The minimum atomic E-state index is -3.92. The third-order valence-corrected chi connectivity index (χ3v) is 13.4. The van der Waals surface area contributed by atoms with Gasteiger partial charge in [0.25, 0.3) is 5.91 Å². The predicted octanol–water partition coefficient (Wildman–Crippen LogP) is 4.57. The number of rotatable bonds is 14. The summed E-state index contributed by atoms with van der Waals surface area (Å²) in [5.74, 6) is -1.29. The Morgan fingerprint density at radius 3 is 2.18 bits per heavy atom. The first-order chi connectivity index (χ1) is 26.5. The van der Waals surface area contributed by atoms with Gasteiger partial charge in [0.1, 0.15) is 40.8 Å². The molecule has 5 atom stereocenters. The summed E-state index contributed by atoms with van der Waals surface area (Å²) in [7, 11) is 0.760. The van der Waals surface area contributed by atoms with E-state index in [9.17, 15) is 27.6 Å². The molecule has 56 heavy (non-hydrogen) atoms. The molecule has 15 heteroatoms. The Hall–Kier alpha value is -4.63. The first-order valence-electron chi connectivity index (χ1n) is 19.2. The zero-order chi connectivity index (χ0) is 40.6. The smallest absolute Gasteiger partial charge is 0.408 e. The third-order valence-electron chi connectivity index (χ3n) is 11.6. The van der Waals surface area contributed by atoms with Crippen LogP contribution in [0.1, 0.15) is 77.7 Å². The van der Waals surface area contributed by atoms with Crippen LogP contribution in [0.25, 0.3) is 11.1 Å². The molecule has 3 N–H and O–H groups in total. The Labute approximate surface area is 329 Å². The molecule has 14 nitrogen and oxygen atoms in total. The van der Waals surface area contributed by atoms with Crippen LogP contribution >= 0.6 is 0 Å². The van der Waals surface area contributed by atoms with E-state index in [1.807, 2.05) is 57.2 Å². The van der Waals surface area contributed by atoms with Crippen LogP contribution in [-0.4, -0.2) is 94.0 Å². The van der Waals surface area contributed by atoms with Crippen molar-refractivity contribution >= 4 is 33.8 Å². The first-order valence-corrected chi connectivity index (χ1v) is 20.7. The van der Waals surface area contributed by atoms with Gasteiger partial charge in [0.2, 0.25) is 21.8 Å². The Bertz CT molecular complexity index is 1950. The molecule has 4 amide bonds. The number of hydrogen-bond donors (Lipinski definition) is 3. The van der Waals surface area contributed by atoms with Crippen LogP contribution < -0.4 is 24.8 Å². The van der Waals surface area contributed by atoms with Crippen LogP contribution in [0, 0.1) is 11.3 Å². The second kappa shape index (κ2) is 15.7. The highest BCUT2D eigenvalue weighted by atomic mass is 32.2. The van der Waals surface area contributed by atoms with Crippen LogP contribution in [-0.2, 0) is 39.5 Å². The molecule has 2 aromatic rings. The molecule has 1 heterocycles. The highest BCUT2D eigenvalue weighted by molar-refractivity contribution is 7.91. The van der Waals surface area contributed by atoms with Crippen molar-refractivity contribution in [2.24, 2.45) is 11.3 Å². The molecular weight excluding hydrogens is 741 g/mol. The van der Waals surface area contributed by atoms with E-state index in [-0.39, 0.29) is 25.5 Å². The number of likely N-dealkylation sites (tertiary alicyclic amines) is 1. The van der Waals surface area contributed by atoms with Crippen molar-refractivity contribution in [2.75, 3.05) is 27.9 Å². The normalized spacial score (nSPS) is 25.5. The molecule has 0 aromatic heterocycles. The van der Waals surface area contributed by atoms with Gasteiger partial charge in [-0.2, -0.15) is 0 Å². The minimum Gasteiger partial charge on any atom is -0.497 e. The van der Waals surface area contributed by atoms with E-state index >= 15 is 0 Å². The summed E-state index contributed by atoms with van der Waals surface area (Å²) in [5, 5.41) is 4.99. The number of alkyl carbamates (subject to hydrolysis) is 1. The van der Waals surface area contributed by atoms with Gasteiger partial charge >= 0.3 is 6.09 Å². The lowest BCUT2D eigenvalue weighted by molar-refractivity contribution is -0.143. The SMILES string of the molecule is C=C[C@@H]1C[C@]1(NC(=O)[C@@H]1C[C@@](OC)(c2ccc(-c3cc(OC)ccc3OC)cc2)CN1C(=O)[C@@H](NC(=O)OC1CCCC1)C(C)(C)C)C(=O)NS(=O)(=O)C1CC1. The summed E-state index contributed by atoms with van der Waals surface area (Å²) < 4.78 is 50.7. The summed E-state index contributed by atoms with van der Waals surface area (Å²) in [6.45, 7) is 9.15. The van der Waals surface area contributed by atoms with Crippen molar-refractivity contribution in [1.82, 2.24) is 20.3 Å². The van der Waals surface area contributed by atoms with Gasteiger partial charge in [0.15, 0.2) is 0 Å². The number of nitrogens with zero attached hydrogens (tertiary/aromatic N) is 1. The number of carbonyl (C=O) groups is 4. The fourth-order valence-corrected chi connectivity index (χ4v) is 9.31. The molecule has 2 aromatic carbocycles. The average Bonchev–Trinajstić information content (AvgIpc) is 4.06. The van der Waals surface area contributed by atoms with Crippen molar-refractivity contribution in [3.8, 4) is 22.6 Å². The summed E-state index contributed by atoms with van der Waals surface area (Å²) in [6, 6.07) is 10.7. The maximum absolute atomic E-state index is 14.8. The van der Waals surface area contributed by atoms with E-state index in [4.69, 9.17) is 18.9 Å². The van der Waals surface area contributed by atoms with Gasteiger partial charge in [-0.15, -0.1) is 6.58 Å². The van der Waals surface area contributed by atoms with Gasteiger partial charge in [0.05, 0.1) is 26.0 Å². The predicted molar refractivity (Wildman–Crippen MR) is 208 cm³/mol. The highest BCUT2D eigenvalue weighted by Crippen LogP contribution is 2.47. The molecule has 3 aliphatic carbocycles. The molecule has 1 aliphatic heterocycles. The summed E-state index contributed by atoms with van der Waals surface area (Å²) in [4.78, 5) is 57.6. The standard InChI is InChI=1S/C41H54N4O10S/c1-8-26-22-41(26,37(48)44-56(50,51)30-18-19-30)43-35(46)32-23-40(54-7,27-15-13-25(14-16-27)31-21-29(52-5)17-20-33(31)53-6)24-45(32)36(47)34(39(2,3)4)42-38(49)55-28-11-9-10-12-28/h8,13-17,20-21,26,28,30,32,34H,1,9-12,18-19,22-24H2,2-7H3,(H,42,49)(H,43,46)(H,44,48)/t26-,32+,34-,40+,41-/m1/s1. The number of hydrogen-bond acceptors (Lipinski definition) is 10. The molecule has 0 spiro atoms. The second-order valence-electron chi connectivity index (χ2n) is 16.5.